The summed E-state index contributed by atoms with van der Waals surface area (Å²) in [4.78, 5) is 23.8. The summed E-state index contributed by atoms with van der Waals surface area (Å²) in [6.45, 7) is 1.79. The molecule has 0 spiro atoms. The van der Waals surface area contributed by atoms with Crippen molar-refractivity contribution in [1.82, 2.24) is 5.43 Å². The van der Waals surface area contributed by atoms with Gasteiger partial charge in [0, 0.05) is 22.3 Å². The van der Waals surface area contributed by atoms with Gasteiger partial charge in [-0.15, -0.1) is 0 Å². The summed E-state index contributed by atoms with van der Waals surface area (Å²) in [6, 6.07) is 12.3. The van der Waals surface area contributed by atoms with Crippen molar-refractivity contribution in [3.63, 3.8) is 0 Å². The molecule has 2 N–H and O–H groups in total. The Morgan fingerprint density at radius 1 is 1.04 bits per heavy atom. The SMILES string of the molecule is C/C(=N/NC(=O)CCC(=O)Nc1ccc(Cl)cc1Cl)c1ccc(Br)cc1. The monoisotopic (exact) mass is 455 g/mol. The number of anilines is 1. The van der Waals surface area contributed by atoms with E-state index in [0.29, 0.717) is 21.4 Å². The smallest absolute Gasteiger partial charge is 0.240 e. The van der Waals surface area contributed by atoms with E-state index in [1.807, 2.05) is 24.3 Å². The number of hydrazone groups is 1. The van der Waals surface area contributed by atoms with E-state index < -0.39 is 0 Å². The average molecular weight is 457 g/mol. The lowest BCUT2D eigenvalue weighted by atomic mass is 10.1. The number of carbonyl (C=O) groups excluding carboxylic acids is 2. The molecule has 2 aromatic carbocycles. The van der Waals surface area contributed by atoms with Gasteiger partial charge in [-0.2, -0.15) is 5.10 Å². The zero-order chi connectivity index (χ0) is 19.1. The summed E-state index contributed by atoms with van der Waals surface area (Å²) < 4.78 is 0.963. The molecule has 2 aromatic rings. The fraction of sp³-hybridized carbons (Fsp3) is 0.167. The Morgan fingerprint density at radius 2 is 1.69 bits per heavy atom. The first-order chi connectivity index (χ1) is 12.3. The van der Waals surface area contributed by atoms with E-state index in [4.69, 9.17) is 23.2 Å². The van der Waals surface area contributed by atoms with E-state index >= 15 is 0 Å². The van der Waals surface area contributed by atoms with Crippen LogP contribution in [0.4, 0.5) is 5.69 Å². The second kappa shape index (κ2) is 9.71. The number of nitrogens with zero attached hydrogens (tertiary/aromatic N) is 1. The fourth-order valence-electron chi connectivity index (χ4n) is 1.99. The van der Waals surface area contributed by atoms with Crippen molar-refractivity contribution in [3.05, 3.63) is 62.5 Å². The molecule has 26 heavy (non-hydrogen) atoms. The van der Waals surface area contributed by atoms with Gasteiger partial charge in [-0.05, 0) is 42.8 Å². The molecule has 0 radical (unpaired) electrons. The highest BCUT2D eigenvalue weighted by Crippen LogP contribution is 2.25. The van der Waals surface area contributed by atoms with Crippen LogP contribution in [0.1, 0.15) is 25.3 Å². The lowest BCUT2D eigenvalue weighted by Gasteiger charge is -2.07. The van der Waals surface area contributed by atoms with E-state index in [-0.39, 0.29) is 24.7 Å². The zero-order valence-corrected chi connectivity index (χ0v) is 17.0. The van der Waals surface area contributed by atoms with Crippen LogP contribution in [0.3, 0.4) is 0 Å². The molecular formula is C18H16BrCl2N3O2. The molecule has 0 aliphatic rings. The predicted molar refractivity (Wildman–Crippen MR) is 109 cm³/mol. The van der Waals surface area contributed by atoms with Gasteiger partial charge in [-0.1, -0.05) is 51.3 Å². The Kier molecular flexibility index (Phi) is 7.63. The number of nitrogens with one attached hydrogen (secondary N) is 2. The first kappa shape index (κ1) is 20.4. The summed E-state index contributed by atoms with van der Waals surface area (Å²) in [5.41, 5.74) is 4.46. The first-order valence-corrected chi connectivity index (χ1v) is 9.24. The third-order valence-corrected chi connectivity index (χ3v) is 4.47. The Balaban J connectivity index is 1.81. The van der Waals surface area contributed by atoms with Gasteiger partial charge in [0.2, 0.25) is 11.8 Å². The minimum Gasteiger partial charge on any atom is -0.325 e. The van der Waals surface area contributed by atoms with Crippen molar-refractivity contribution in [2.75, 3.05) is 5.32 Å². The van der Waals surface area contributed by atoms with Crippen LogP contribution in [0.2, 0.25) is 10.0 Å². The topological polar surface area (TPSA) is 70.6 Å². The molecule has 2 amide bonds. The van der Waals surface area contributed by atoms with Crippen molar-refractivity contribution in [2.24, 2.45) is 5.10 Å². The predicted octanol–water partition coefficient (Wildman–Crippen LogP) is 5.02. The first-order valence-electron chi connectivity index (χ1n) is 7.69. The Morgan fingerprint density at radius 3 is 2.35 bits per heavy atom. The summed E-state index contributed by atoms with van der Waals surface area (Å²) in [6.07, 6.45) is 0.0196. The number of halogens is 3. The molecule has 2 rings (SSSR count). The van der Waals surface area contributed by atoms with Crippen molar-refractivity contribution >= 4 is 62.3 Å². The Labute approximate surface area is 169 Å². The summed E-state index contributed by atoms with van der Waals surface area (Å²) in [5.74, 6) is -0.670. The van der Waals surface area contributed by atoms with Gasteiger partial charge in [0.05, 0.1) is 16.4 Å². The van der Waals surface area contributed by atoms with Gasteiger partial charge in [0.1, 0.15) is 0 Å². The molecule has 0 bridgehead atoms. The number of benzene rings is 2. The maximum absolute atomic E-state index is 11.9. The minimum absolute atomic E-state index is 0.00810. The third-order valence-electron chi connectivity index (χ3n) is 3.39. The van der Waals surface area contributed by atoms with Gasteiger partial charge in [0.15, 0.2) is 0 Å². The van der Waals surface area contributed by atoms with Gasteiger partial charge in [-0.3, -0.25) is 9.59 Å². The number of hydrogen-bond donors (Lipinski definition) is 2. The summed E-state index contributed by atoms with van der Waals surface area (Å²) in [5, 5.41) is 7.50. The van der Waals surface area contributed by atoms with Crippen LogP contribution in [-0.4, -0.2) is 17.5 Å². The van der Waals surface area contributed by atoms with Crippen LogP contribution in [0.15, 0.2) is 52.0 Å². The largest absolute Gasteiger partial charge is 0.325 e. The third kappa shape index (κ3) is 6.44. The molecule has 136 valence electrons. The molecule has 0 heterocycles. The molecule has 0 atom stereocenters. The highest BCUT2D eigenvalue weighted by Gasteiger charge is 2.09. The molecule has 5 nitrogen and oxygen atoms in total. The van der Waals surface area contributed by atoms with E-state index in [1.54, 1.807) is 19.1 Å². The van der Waals surface area contributed by atoms with Crippen molar-refractivity contribution < 1.29 is 9.59 Å². The lowest BCUT2D eigenvalue weighted by Crippen LogP contribution is -2.21. The molecule has 0 unspecified atom stereocenters. The Hall–Kier alpha value is -1.89. The normalized spacial score (nSPS) is 11.2. The molecule has 0 saturated heterocycles. The molecule has 0 aliphatic heterocycles. The van der Waals surface area contributed by atoms with Gasteiger partial charge in [-0.25, -0.2) is 5.43 Å². The number of carbonyl (C=O) groups is 2. The lowest BCUT2D eigenvalue weighted by molar-refractivity contribution is -0.124. The quantitative estimate of drug-likeness (QED) is 0.473. The van der Waals surface area contributed by atoms with Crippen LogP contribution in [-0.2, 0) is 9.59 Å². The second-order valence-electron chi connectivity index (χ2n) is 5.41. The highest BCUT2D eigenvalue weighted by molar-refractivity contribution is 9.10. The van der Waals surface area contributed by atoms with Crippen LogP contribution in [0.5, 0.6) is 0 Å². The standard InChI is InChI=1S/C18H16BrCl2N3O2/c1-11(12-2-4-13(19)5-3-12)23-24-18(26)9-8-17(25)22-16-7-6-14(20)10-15(16)21/h2-7,10H,8-9H2,1H3,(H,22,25)(H,24,26)/b23-11-. The summed E-state index contributed by atoms with van der Waals surface area (Å²) >= 11 is 15.2. The zero-order valence-electron chi connectivity index (χ0n) is 13.9. The van der Waals surface area contributed by atoms with Crippen LogP contribution >= 0.6 is 39.1 Å². The Bertz CT molecular complexity index is 839. The molecule has 0 saturated carbocycles. The molecule has 0 fully saturated rings. The molecule has 8 heteroatoms. The second-order valence-corrected chi connectivity index (χ2v) is 7.17. The van der Waals surface area contributed by atoms with Crippen LogP contribution in [0.25, 0.3) is 0 Å². The fourth-order valence-corrected chi connectivity index (χ4v) is 2.71. The highest BCUT2D eigenvalue weighted by atomic mass is 79.9. The van der Waals surface area contributed by atoms with Crippen molar-refractivity contribution in [1.29, 1.82) is 0 Å². The van der Waals surface area contributed by atoms with Crippen LogP contribution in [0, 0.1) is 0 Å². The van der Waals surface area contributed by atoms with E-state index in [2.05, 4.69) is 31.8 Å². The maximum Gasteiger partial charge on any atom is 0.240 e. The van der Waals surface area contributed by atoms with Crippen molar-refractivity contribution in [2.45, 2.75) is 19.8 Å². The van der Waals surface area contributed by atoms with Gasteiger partial charge < -0.3 is 5.32 Å². The van der Waals surface area contributed by atoms with Crippen molar-refractivity contribution in [3.8, 4) is 0 Å². The number of amides is 2. The summed E-state index contributed by atoms with van der Waals surface area (Å²) in [7, 11) is 0. The van der Waals surface area contributed by atoms with E-state index in [9.17, 15) is 9.59 Å². The van der Waals surface area contributed by atoms with E-state index in [1.165, 1.54) is 6.07 Å². The van der Waals surface area contributed by atoms with E-state index in [0.717, 1.165) is 10.0 Å². The van der Waals surface area contributed by atoms with Gasteiger partial charge >= 0.3 is 0 Å². The maximum atomic E-state index is 11.9. The number of rotatable bonds is 6. The molecular weight excluding hydrogens is 441 g/mol. The van der Waals surface area contributed by atoms with Crippen LogP contribution < -0.4 is 10.7 Å². The number of hydrogen-bond acceptors (Lipinski definition) is 3. The average Bonchev–Trinajstić information content (AvgIpc) is 2.61. The minimum atomic E-state index is -0.348. The van der Waals surface area contributed by atoms with Gasteiger partial charge in [0.25, 0.3) is 0 Å². The molecule has 0 aromatic heterocycles. The molecule has 0 aliphatic carbocycles.